The van der Waals surface area contributed by atoms with Crippen LogP contribution in [0, 0.1) is 5.41 Å². The van der Waals surface area contributed by atoms with Gasteiger partial charge in [-0.25, -0.2) is 4.98 Å². The fraction of sp³-hybridized carbons (Fsp3) is 0.286. The number of nitrogens with one attached hydrogen (secondary N) is 1. The predicted octanol–water partition coefficient (Wildman–Crippen LogP) is 7.33. The number of hydrogen-bond donors (Lipinski definition) is 2. The van der Waals surface area contributed by atoms with Gasteiger partial charge in [0.25, 0.3) is 0 Å². The SMILES string of the molecule is CC(C)(C)[C@@H](c1ccccc1)n1c(Nc2ccc(OC(F)(F)F)cc2)nc2cc(CCC(=O)O)ccc21. The average molecular weight is 512 g/mol. The maximum atomic E-state index is 12.6. The van der Waals surface area contributed by atoms with E-state index in [4.69, 9.17) is 10.1 Å². The lowest BCUT2D eigenvalue weighted by molar-refractivity contribution is -0.274. The van der Waals surface area contributed by atoms with Gasteiger partial charge in [0.2, 0.25) is 5.95 Å². The van der Waals surface area contributed by atoms with Crippen molar-refractivity contribution in [1.29, 1.82) is 0 Å². The summed E-state index contributed by atoms with van der Waals surface area (Å²) in [5.74, 6) is -0.673. The van der Waals surface area contributed by atoms with E-state index < -0.39 is 12.3 Å². The maximum Gasteiger partial charge on any atom is 0.573 e. The maximum absolute atomic E-state index is 12.6. The third-order valence-electron chi connectivity index (χ3n) is 5.92. The number of halogens is 3. The molecule has 0 amide bonds. The van der Waals surface area contributed by atoms with Crippen molar-refractivity contribution >= 4 is 28.6 Å². The summed E-state index contributed by atoms with van der Waals surface area (Å²) in [4.78, 5) is 15.9. The molecule has 0 saturated carbocycles. The van der Waals surface area contributed by atoms with Gasteiger partial charge in [0, 0.05) is 12.1 Å². The first-order valence-electron chi connectivity index (χ1n) is 11.8. The number of aromatic nitrogens is 2. The van der Waals surface area contributed by atoms with E-state index in [9.17, 15) is 18.0 Å². The molecule has 0 bridgehead atoms. The standard InChI is InChI=1S/C28H28F3N3O3/c1-27(2,3)25(19-7-5-4-6-8-19)34-23-15-9-18(10-16-24(35)36)17-22(23)33-26(34)32-20-11-13-21(14-12-20)37-28(29,30)31/h4-9,11-15,17,25H,10,16H2,1-3H3,(H,32,33)(H,35,36)/t25-/m1/s1. The normalized spacial score (nSPS) is 12.9. The molecule has 6 nitrogen and oxygen atoms in total. The number of carbonyl (C=O) groups is 1. The quantitative estimate of drug-likeness (QED) is 0.259. The van der Waals surface area contributed by atoms with Crippen LogP contribution >= 0.6 is 0 Å². The smallest absolute Gasteiger partial charge is 0.481 e. The van der Waals surface area contributed by atoms with Gasteiger partial charge in [-0.3, -0.25) is 4.79 Å². The molecule has 2 N–H and O–H groups in total. The Morgan fingerprint density at radius 2 is 1.70 bits per heavy atom. The van der Waals surface area contributed by atoms with E-state index in [1.165, 1.54) is 24.3 Å². The van der Waals surface area contributed by atoms with E-state index in [0.717, 1.165) is 16.6 Å². The number of anilines is 2. The molecule has 9 heteroatoms. The number of alkyl halides is 3. The second kappa shape index (κ2) is 10.2. The molecule has 1 atom stereocenters. The van der Waals surface area contributed by atoms with Gasteiger partial charge in [0.15, 0.2) is 0 Å². The van der Waals surface area contributed by atoms with E-state index in [1.807, 2.05) is 36.4 Å². The van der Waals surface area contributed by atoms with Gasteiger partial charge in [0.1, 0.15) is 5.75 Å². The molecule has 4 rings (SSSR count). The van der Waals surface area contributed by atoms with Crippen molar-refractivity contribution in [2.24, 2.45) is 5.41 Å². The van der Waals surface area contributed by atoms with Gasteiger partial charge >= 0.3 is 12.3 Å². The Morgan fingerprint density at radius 3 is 2.30 bits per heavy atom. The molecule has 0 fully saturated rings. The van der Waals surface area contributed by atoms with Crippen molar-refractivity contribution in [3.8, 4) is 5.75 Å². The number of ether oxygens (including phenoxy) is 1. The molecule has 0 aliphatic rings. The average Bonchev–Trinajstić information content (AvgIpc) is 3.14. The van der Waals surface area contributed by atoms with Gasteiger partial charge < -0.3 is 19.7 Å². The summed E-state index contributed by atoms with van der Waals surface area (Å²) in [7, 11) is 0. The van der Waals surface area contributed by atoms with Crippen molar-refractivity contribution in [2.45, 2.75) is 46.0 Å². The molecule has 1 aromatic heterocycles. The highest BCUT2D eigenvalue weighted by atomic mass is 19.4. The largest absolute Gasteiger partial charge is 0.573 e. The van der Waals surface area contributed by atoms with Gasteiger partial charge in [-0.05, 0) is 59.4 Å². The van der Waals surface area contributed by atoms with Crippen LogP contribution < -0.4 is 10.1 Å². The number of carboxylic acid groups (broad SMARTS) is 1. The zero-order chi connectivity index (χ0) is 26.8. The Balaban J connectivity index is 1.81. The van der Waals surface area contributed by atoms with Crippen LogP contribution in [0.5, 0.6) is 5.75 Å². The van der Waals surface area contributed by atoms with Gasteiger partial charge in [-0.1, -0.05) is 57.2 Å². The Hall–Kier alpha value is -4.01. The summed E-state index contributed by atoms with van der Waals surface area (Å²) in [5, 5.41) is 12.3. The first-order valence-corrected chi connectivity index (χ1v) is 11.8. The molecule has 37 heavy (non-hydrogen) atoms. The highest BCUT2D eigenvalue weighted by molar-refractivity contribution is 5.81. The highest BCUT2D eigenvalue weighted by Gasteiger charge is 2.32. The summed E-state index contributed by atoms with van der Waals surface area (Å²) >= 11 is 0. The summed E-state index contributed by atoms with van der Waals surface area (Å²) in [6, 6.07) is 21.1. The Labute approximate surface area is 212 Å². The van der Waals surface area contributed by atoms with E-state index >= 15 is 0 Å². The summed E-state index contributed by atoms with van der Waals surface area (Å²) < 4.78 is 43.8. The molecule has 0 aliphatic carbocycles. The number of aryl methyl sites for hydroxylation is 1. The van der Waals surface area contributed by atoms with E-state index in [0.29, 0.717) is 23.6 Å². The molecular formula is C28H28F3N3O3. The molecule has 1 heterocycles. The van der Waals surface area contributed by atoms with Crippen molar-refractivity contribution in [1.82, 2.24) is 9.55 Å². The monoisotopic (exact) mass is 511 g/mol. The lowest BCUT2D eigenvalue weighted by Gasteiger charge is -2.34. The number of hydrogen-bond acceptors (Lipinski definition) is 4. The summed E-state index contributed by atoms with van der Waals surface area (Å²) in [5.41, 5.74) is 3.76. The molecule has 3 aromatic carbocycles. The van der Waals surface area contributed by atoms with Crippen LogP contribution in [0.1, 0.15) is 44.4 Å². The van der Waals surface area contributed by atoms with Gasteiger partial charge in [-0.15, -0.1) is 13.2 Å². The summed E-state index contributed by atoms with van der Waals surface area (Å²) in [6.45, 7) is 6.39. The van der Waals surface area contributed by atoms with Crippen LogP contribution in [0.2, 0.25) is 0 Å². The van der Waals surface area contributed by atoms with Crippen LogP contribution in [0.4, 0.5) is 24.8 Å². The summed E-state index contributed by atoms with van der Waals surface area (Å²) in [6.07, 6.45) is -4.38. The predicted molar refractivity (Wildman–Crippen MR) is 136 cm³/mol. The molecule has 0 radical (unpaired) electrons. The fourth-order valence-corrected chi connectivity index (χ4v) is 4.44. The number of fused-ring (bicyclic) bond motifs is 1. The zero-order valence-corrected chi connectivity index (χ0v) is 20.7. The Morgan fingerprint density at radius 1 is 1.03 bits per heavy atom. The first kappa shape index (κ1) is 26.1. The number of aliphatic carboxylic acids is 1. The molecular weight excluding hydrogens is 483 g/mol. The van der Waals surface area contributed by atoms with Crippen LogP contribution in [0.25, 0.3) is 11.0 Å². The lowest BCUT2D eigenvalue weighted by atomic mass is 9.82. The number of imidazole rings is 1. The van der Waals surface area contributed by atoms with Gasteiger partial charge in [-0.2, -0.15) is 0 Å². The number of benzene rings is 3. The Kier molecular flexibility index (Phi) is 7.16. The fourth-order valence-electron chi connectivity index (χ4n) is 4.44. The number of nitrogens with zero attached hydrogens (tertiary/aromatic N) is 2. The van der Waals surface area contributed by atoms with Crippen molar-refractivity contribution in [3.05, 3.63) is 83.9 Å². The minimum absolute atomic E-state index is 0.0122. The lowest BCUT2D eigenvalue weighted by Crippen LogP contribution is -2.26. The second-order valence-electron chi connectivity index (χ2n) is 9.90. The molecule has 0 unspecified atom stereocenters. The highest BCUT2D eigenvalue weighted by Crippen LogP contribution is 2.41. The molecule has 0 aliphatic heterocycles. The zero-order valence-electron chi connectivity index (χ0n) is 20.7. The molecule has 194 valence electrons. The number of carboxylic acids is 1. The third kappa shape index (κ3) is 6.41. The first-order chi connectivity index (χ1) is 17.4. The van der Waals surface area contributed by atoms with Crippen LogP contribution in [0.15, 0.2) is 72.8 Å². The minimum Gasteiger partial charge on any atom is -0.481 e. The molecule has 0 spiro atoms. The van der Waals surface area contributed by atoms with Crippen molar-refractivity contribution in [2.75, 3.05) is 5.32 Å². The van der Waals surface area contributed by atoms with E-state index in [1.54, 1.807) is 0 Å². The third-order valence-corrected chi connectivity index (χ3v) is 5.92. The molecule has 0 saturated heterocycles. The van der Waals surface area contributed by atoms with E-state index in [2.05, 4.69) is 47.5 Å². The van der Waals surface area contributed by atoms with Crippen molar-refractivity contribution in [3.63, 3.8) is 0 Å². The van der Waals surface area contributed by atoms with Gasteiger partial charge in [0.05, 0.1) is 17.1 Å². The topological polar surface area (TPSA) is 76.4 Å². The van der Waals surface area contributed by atoms with Crippen LogP contribution in [-0.4, -0.2) is 27.0 Å². The molecule has 4 aromatic rings. The van der Waals surface area contributed by atoms with Crippen molar-refractivity contribution < 1.29 is 27.8 Å². The number of rotatable bonds is 8. The Bertz CT molecular complexity index is 1380. The van der Waals surface area contributed by atoms with Crippen LogP contribution in [-0.2, 0) is 11.2 Å². The second-order valence-corrected chi connectivity index (χ2v) is 9.90. The minimum atomic E-state index is -4.77. The van der Waals surface area contributed by atoms with E-state index in [-0.39, 0.29) is 23.6 Å². The van der Waals surface area contributed by atoms with Crippen LogP contribution in [0.3, 0.4) is 0 Å².